The molecule has 0 aliphatic rings. The summed E-state index contributed by atoms with van der Waals surface area (Å²) in [5.74, 6) is -0.276. The van der Waals surface area contributed by atoms with Crippen molar-refractivity contribution in [1.29, 1.82) is 0 Å². The van der Waals surface area contributed by atoms with Crippen LogP contribution in [0.4, 0.5) is 10.2 Å². The summed E-state index contributed by atoms with van der Waals surface area (Å²) in [5, 5.41) is 7.00. The molecule has 3 rings (SSSR count). The smallest absolute Gasteiger partial charge is 0.256 e. The van der Waals surface area contributed by atoms with E-state index in [4.69, 9.17) is 0 Å². The van der Waals surface area contributed by atoms with Gasteiger partial charge in [0.25, 0.3) is 11.5 Å². The molecule has 1 aromatic carbocycles. The zero-order chi connectivity index (χ0) is 18.8. The molecule has 0 saturated carbocycles. The minimum absolute atomic E-state index is 0.215. The molecule has 0 fully saturated rings. The van der Waals surface area contributed by atoms with E-state index in [1.54, 1.807) is 19.9 Å². The lowest BCUT2D eigenvalue weighted by molar-refractivity contribution is 0.102. The number of aromatic amines is 1. The summed E-state index contributed by atoms with van der Waals surface area (Å²) in [6.45, 7) is 5.39. The zero-order valence-electron chi connectivity index (χ0n) is 14.6. The Morgan fingerprint density at radius 1 is 1.27 bits per heavy atom. The molecule has 26 heavy (non-hydrogen) atoms. The highest BCUT2D eigenvalue weighted by atomic mass is 19.1. The highest BCUT2D eigenvalue weighted by Gasteiger charge is 2.15. The first kappa shape index (κ1) is 17.5. The van der Waals surface area contributed by atoms with Crippen molar-refractivity contribution in [3.8, 4) is 5.95 Å². The van der Waals surface area contributed by atoms with Crippen molar-refractivity contribution in [1.82, 2.24) is 19.7 Å². The van der Waals surface area contributed by atoms with Crippen LogP contribution in [0.15, 0.2) is 35.1 Å². The van der Waals surface area contributed by atoms with E-state index in [0.29, 0.717) is 34.8 Å². The van der Waals surface area contributed by atoms with Crippen LogP contribution in [0.3, 0.4) is 0 Å². The van der Waals surface area contributed by atoms with Crippen molar-refractivity contribution in [3.05, 3.63) is 69.0 Å². The van der Waals surface area contributed by atoms with Crippen molar-refractivity contribution >= 4 is 11.7 Å². The lowest BCUT2D eigenvalue weighted by Gasteiger charge is -2.10. The Labute approximate surface area is 148 Å². The van der Waals surface area contributed by atoms with Crippen LogP contribution in [0.5, 0.6) is 0 Å². The number of carbonyl (C=O) groups is 1. The van der Waals surface area contributed by atoms with E-state index in [0.717, 1.165) is 0 Å². The van der Waals surface area contributed by atoms with Crippen molar-refractivity contribution in [2.24, 2.45) is 0 Å². The molecule has 0 aliphatic heterocycles. The molecular weight excluding hydrogens is 337 g/mol. The number of rotatable bonds is 4. The van der Waals surface area contributed by atoms with Gasteiger partial charge < -0.3 is 5.32 Å². The van der Waals surface area contributed by atoms with Crippen LogP contribution in [-0.2, 0) is 6.42 Å². The normalized spacial score (nSPS) is 10.8. The Morgan fingerprint density at radius 2 is 1.96 bits per heavy atom. The number of amides is 1. The summed E-state index contributed by atoms with van der Waals surface area (Å²) in [6.07, 6.45) is 0.570. The molecule has 2 N–H and O–H groups in total. The van der Waals surface area contributed by atoms with Crippen LogP contribution >= 0.6 is 0 Å². The molecule has 2 aromatic heterocycles. The number of aryl methyl sites for hydroxylation is 2. The number of hydrogen-bond donors (Lipinski definition) is 2. The molecular formula is C18H18FN5O2. The monoisotopic (exact) mass is 355 g/mol. The maximum absolute atomic E-state index is 13.0. The van der Waals surface area contributed by atoms with Crippen molar-refractivity contribution < 1.29 is 9.18 Å². The first-order valence-corrected chi connectivity index (χ1v) is 8.12. The molecule has 134 valence electrons. The van der Waals surface area contributed by atoms with Crippen LogP contribution < -0.4 is 10.9 Å². The van der Waals surface area contributed by atoms with Gasteiger partial charge >= 0.3 is 0 Å². The second-order valence-electron chi connectivity index (χ2n) is 5.85. The molecule has 2 heterocycles. The fourth-order valence-corrected chi connectivity index (χ4v) is 2.65. The lowest BCUT2D eigenvalue weighted by Crippen LogP contribution is -2.22. The quantitative estimate of drug-likeness (QED) is 0.752. The van der Waals surface area contributed by atoms with Gasteiger partial charge in [0.15, 0.2) is 0 Å². The van der Waals surface area contributed by atoms with E-state index in [9.17, 15) is 14.0 Å². The van der Waals surface area contributed by atoms with E-state index >= 15 is 0 Å². The topological polar surface area (TPSA) is 92.7 Å². The van der Waals surface area contributed by atoms with Gasteiger partial charge in [-0.05, 0) is 44.5 Å². The van der Waals surface area contributed by atoms with E-state index in [-0.39, 0.29) is 11.5 Å². The summed E-state index contributed by atoms with van der Waals surface area (Å²) >= 11 is 0. The van der Waals surface area contributed by atoms with Gasteiger partial charge in [0.1, 0.15) is 11.6 Å². The summed E-state index contributed by atoms with van der Waals surface area (Å²) < 4.78 is 14.4. The van der Waals surface area contributed by atoms with Gasteiger partial charge in [-0.25, -0.2) is 9.37 Å². The Hall–Kier alpha value is -3.29. The van der Waals surface area contributed by atoms with Gasteiger partial charge in [0.05, 0.1) is 5.69 Å². The van der Waals surface area contributed by atoms with Gasteiger partial charge in [-0.2, -0.15) is 9.78 Å². The van der Waals surface area contributed by atoms with Crippen molar-refractivity contribution in [2.75, 3.05) is 5.32 Å². The van der Waals surface area contributed by atoms with E-state index in [2.05, 4.69) is 20.4 Å². The van der Waals surface area contributed by atoms with E-state index in [1.807, 2.05) is 6.92 Å². The second-order valence-corrected chi connectivity index (χ2v) is 5.85. The molecule has 0 aliphatic carbocycles. The molecule has 0 saturated heterocycles. The van der Waals surface area contributed by atoms with Crippen LogP contribution in [0.1, 0.15) is 34.2 Å². The minimum atomic E-state index is -0.421. The molecule has 7 nitrogen and oxygen atoms in total. The Bertz CT molecular complexity index is 1020. The zero-order valence-corrected chi connectivity index (χ0v) is 14.6. The number of carbonyl (C=O) groups excluding carboxylic acids is 1. The number of nitrogens with zero attached hydrogens (tertiary/aromatic N) is 3. The third-order valence-corrected chi connectivity index (χ3v) is 3.94. The molecule has 8 heteroatoms. The highest BCUT2D eigenvalue weighted by Crippen LogP contribution is 2.16. The van der Waals surface area contributed by atoms with Gasteiger partial charge in [-0.15, -0.1) is 0 Å². The number of benzene rings is 1. The summed E-state index contributed by atoms with van der Waals surface area (Å²) in [5.41, 5.74) is 1.92. The molecule has 3 aromatic rings. The number of H-pyrrole nitrogens is 1. The van der Waals surface area contributed by atoms with Crippen LogP contribution in [0.2, 0.25) is 0 Å². The molecule has 0 bridgehead atoms. The van der Waals surface area contributed by atoms with Gasteiger partial charge in [0, 0.05) is 22.9 Å². The minimum Gasteiger partial charge on any atom is -0.306 e. The maximum Gasteiger partial charge on any atom is 0.256 e. The molecule has 0 spiro atoms. The van der Waals surface area contributed by atoms with Crippen LogP contribution in [0, 0.1) is 19.7 Å². The highest BCUT2D eigenvalue weighted by molar-refractivity contribution is 6.03. The average Bonchev–Trinajstić information content (AvgIpc) is 2.95. The van der Waals surface area contributed by atoms with Crippen LogP contribution in [-0.4, -0.2) is 25.7 Å². The molecule has 0 radical (unpaired) electrons. The standard InChI is InChI=1S/C18H18FN5O2/c1-4-14-11(3)20-18(22-17(14)26)24-15(9-10(2)23-24)21-16(25)12-5-7-13(19)8-6-12/h5-9H,4H2,1-3H3,(H,21,25)(H,20,22,26). The lowest BCUT2D eigenvalue weighted by atomic mass is 10.2. The summed E-state index contributed by atoms with van der Waals surface area (Å²) in [4.78, 5) is 31.7. The number of halogens is 1. The first-order valence-electron chi connectivity index (χ1n) is 8.12. The fraction of sp³-hybridized carbons (Fsp3) is 0.222. The number of nitrogens with one attached hydrogen (secondary N) is 2. The van der Waals surface area contributed by atoms with Gasteiger partial charge in [-0.3, -0.25) is 14.6 Å². The van der Waals surface area contributed by atoms with Crippen molar-refractivity contribution in [2.45, 2.75) is 27.2 Å². The first-order chi connectivity index (χ1) is 12.4. The molecule has 0 atom stereocenters. The summed E-state index contributed by atoms with van der Waals surface area (Å²) in [6, 6.07) is 6.86. The number of anilines is 1. The third-order valence-electron chi connectivity index (χ3n) is 3.94. The van der Waals surface area contributed by atoms with E-state index in [1.165, 1.54) is 28.9 Å². The predicted molar refractivity (Wildman–Crippen MR) is 95.2 cm³/mol. The fourth-order valence-electron chi connectivity index (χ4n) is 2.65. The second kappa shape index (κ2) is 6.91. The average molecular weight is 355 g/mol. The van der Waals surface area contributed by atoms with Gasteiger partial charge in [-0.1, -0.05) is 6.92 Å². The maximum atomic E-state index is 13.0. The Morgan fingerprint density at radius 3 is 2.58 bits per heavy atom. The van der Waals surface area contributed by atoms with Crippen LogP contribution in [0.25, 0.3) is 5.95 Å². The molecule has 1 amide bonds. The number of aromatic nitrogens is 4. The Kier molecular flexibility index (Phi) is 4.66. The number of hydrogen-bond acceptors (Lipinski definition) is 4. The predicted octanol–water partition coefficient (Wildman–Crippen LogP) is 2.53. The SMILES string of the molecule is CCc1c(C)nc(-n2nc(C)cc2NC(=O)c2ccc(F)cc2)[nH]c1=O. The largest absolute Gasteiger partial charge is 0.306 e. The van der Waals surface area contributed by atoms with Crippen molar-refractivity contribution in [3.63, 3.8) is 0 Å². The Balaban J connectivity index is 1.97. The van der Waals surface area contributed by atoms with E-state index < -0.39 is 11.7 Å². The third kappa shape index (κ3) is 3.39. The summed E-state index contributed by atoms with van der Waals surface area (Å²) in [7, 11) is 0. The van der Waals surface area contributed by atoms with Gasteiger partial charge in [0.2, 0.25) is 5.95 Å². The molecule has 0 unspecified atom stereocenters.